The molecule has 5 nitrogen and oxygen atoms in total. The van der Waals surface area contributed by atoms with E-state index in [0.29, 0.717) is 0 Å². The second-order valence-corrected chi connectivity index (χ2v) is 5.83. The van der Waals surface area contributed by atoms with Crippen LogP contribution in [0, 0.1) is 0 Å². The number of methoxy groups -OCH3 is 1. The van der Waals surface area contributed by atoms with Crippen LogP contribution in [0.25, 0.3) is 0 Å². The Morgan fingerprint density at radius 1 is 1.40 bits per heavy atom. The van der Waals surface area contributed by atoms with Crippen LogP contribution in [0.2, 0.25) is 0 Å². The zero-order valence-corrected chi connectivity index (χ0v) is 12.9. The molecule has 0 heterocycles. The summed E-state index contributed by atoms with van der Waals surface area (Å²) < 4.78 is 5.11. The highest BCUT2D eigenvalue weighted by Crippen LogP contribution is 2.24. The highest BCUT2D eigenvalue weighted by Gasteiger charge is 2.34. The fourth-order valence-corrected chi connectivity index (χ4v) is 2.25. The maximum atomic E-state index is 12.0. The van der Waals surface area contributed by atoms with Gasteiger partial charge in [0, 0.05) is 11.9 Å². The Morgan fingerprint density at radius 3 is 2.60 bits per heavy atom. The number of hydrogen-bond acceptors (Lipinski definition) is 4. The first-order valence-corrected chi connectivity index (χ1v) is 7.04. The van der Waals surface area contributed by atoms with Crippen molar-refractivity contribution in [1.29, 1.82) is 0 Å². The van der Waals surface area contributed by atoms with E-state index in [-0.39, 0.29) is 11.7 Å². The summed E-state index contributed by atoms with van der Waals surface area (Å²) in [7, 11) is 3.08. The van der Waals surface area contributed by atoms with Gasteiger partial charge in [0.05, 0.1) is 12.9 Å². The molecule has 0 unspecified atom stereocenters. The molecule has 0 radical (unpaired) electrons. The van der Waals surface area contributed by atoms with Crippen LogP contribution < -0.4 is 4.74 Å². The molecule has 0 aromatic heterocycles. The lowest BCUT2D eigenvalue weighted by Crippen LogP contribution is -2.51. The Labute approximate surface area is 122 Å². The van der Waals surface area contributed by atoms with Crippen molar-refractivity contribution in [1.82, 2.24) is 4.90 Å². The molecule has 0 aliphatic rings. The molecule has 0 atom stereocenters. The number of rotatable bonds is 6. The maximum absolute atomic E-state index is 12.0. The molecule has 1 aromatic rings. The molecule has 0 bridgehead atoms. The molecule has 1 aromatic carbocycles. The average Bonchev–Trinajstić information content (AvgIpc) is 2.43. The minimum Gasteiger partial charge on any atom is -0.497 e. The number of hydrogen-bond donors (Lipinski definition) is 1. The number of carbonyl (C=O) groups excluding carboxylic acids is 1. The second-order valence-electron chi connectivity index (χ2n) is 4.78. The smallest absolute Gasteiger partial charge is 0.329 e. The van der Waals surface area contributed by atoms with Crippen molar-refractivity contribution >= 4 is 23.6 Å². The molecule has 1 N–H and O–H groups in total. The lowest BCUT2D eigenvalue weighted by molar-refractivity contribution is -0.154. The lowest BCUT2D eigenvalue weighted by atomic mass is 10.0. The highest BCUT2D eigenvalue weighted by atomic mass is 32.2. The maximum Gasteiger partial charge on any atom is 0.329 e. The summed E-state index contributed by atoms with van der Waals surface area (Å²) in [5.74, 6) is -0.355. The topological polar surface area (TPSA) is 66.8 Å². The molecular formula is C14H19NO4S. The predicted octanol–water partition coefficient (Wildman–Crippen LogP) is 2.11. The van der Waals surface area contributed by atoms with Crippen molar-refractivity contribution in [2.45, 2.75) is 24.3 Å². The number of aliphatic carboxylic acids is 1. The molecule has 0 spiro atoms. The number of likely N-dealkylation sites (N-methyl/N-ethyl adjacent to an activating group) is 1. The van der Waals surface area contributed by atoms with Crippen molar-refractivity contribution in [2.24, 2.45) is 0 Å². The van der Waals surface area contributed by atoms with Gasteiger partial charge in [0.15, 0.2) is 0 Å². The minimum absolute atomic E-state index is 0.181. The van der Waals surface area contributed by atoms with Crippen molar-refractivity contribution in [3.05, 3.63) is 24.3 Å². The van der Waals surface area contributed by atoms with E-state index in [1.54, 1.807) is 7.11 Å². The number of carboxylic acids is 1. The molecule has 0 aliphatic carbocycles. The van der Waals surface area contributed by atoms with E-state index in [2.05, 4.69) is 0 Å². The molecule has 0 fully saturated rings. The first-order chi connectivity index (χ1) is 9.28. The van der Waals surface area contributed by atoms with E-state index in [0.717, 1.165) is 10.6 Å². The normalized spacial score (nSPS) is 11.0. The highest BCUT2D eigenvalue weighted by molar-refractivity contribution is 8.00. The summed E-state index contributed by atoms with van der Waals surface area (Å²) in [6.45, 7) is 3.01. The van der Waals surface area contributed by atoms with Gasteiger partial charge in [-0.3, -0.25) is 4.79 Å². The zero-order valence-electron chi connectivity index (χ0n) is 12.0. The van der Waals surface area contributed by atoms with Crippen molar-refractivity contribution in [3.8, 4) is 5.75 Å². The molecule has 1 rings (SSSR count). The number of ether oxygens (including phenoxy) is 1. The number of nitrogens with zero attached hydrogens (tertiary/aromatic N) is 1. The largest absolute Gasteiger partial charge is 0.497 e. The van der Waals surface area contributed by atoms with Crippen LogP contribution in [0.1, 0.15) is 13.8 Å². The van der Waals surface area contributed by atoms with Gasteiger partial charge in [0.2, 0.25) is 5.91 Å². The van der Waals surface area contributed by atoms with E-state index < -0.39 is 11.5 Å². The average molecular weight is 297 g/mol. The Hall–Kier alpha value is -1.69. The zero-order chi connectivity index (χ0) is 15.3. The monoisotopic (exact) mass is 297 g/mol. The van der Waals surface area contributed by atoms with Crippen LogP contribution in [-0.4, -0.2) is 47.3 Å². The second kappa shape index (κ2) is 6.65. The summed E-state index contributed by atoms with van der Waals surface area (Å²) in [6.07, 6.45) is 0. The van der Waals surface area contributed by atoms with Crippen LogP contribution >= 0.6 is 11.8 Å². The number of carboxylic acid groups (broad SMARTS) is 1. The molecule has 6 heteroatoms. The van der Waals surface area contributed by atoms with Gasteiger partial charge >= 0.3 is 5.97 Å². The standard InChI is InChI=1S/C14H19NO4S/c1-14(2,13(17)18)15(3)12(16)9-20-11-7-5-6-10(8-11)19-4/h5-8H,9H2,1-4H3,(H,17,18). The molecule has 20 heavy (non-hydrogen) atoms. The van der Waals surface area contributed by atoms with Gasteiger partial charge in [-0.25, -0.2) is 4.79 Å². The minimum atomic E-state index is -1.22. The van der Waals surface area contributed by atoms with Gasteiger partial charge < -0.3 is 14.7 Å². The first kappa shape index (κ1) is 16.4. The van der Waals surface area contributed by atoms with Gasteiger partial charge in [0.25, 0.3) is 0 Å². The van der Waals surface area contributed by atoms with Crippen LogP contribution in [0.4, 0.5) is 0 Å². The van der Waals surface area contributed by atoms with E-state index in [1.807, 2.05) is 24.3 Å². The van der Waals surface area contributed by atoms with E-state index in [4.69, 9.17) is 9.84 Å². The lowest BCUT2D eigenvalue weighted by Gasteiger charge is -2.31. The molecular weight excluding hydrogens is 278 g/mol. The van der Waals surface area contributed by atoms with Crippen molar-refractivity contribution in [3.63, 3.8) is 0 Å². The van der Waals surface area contributed by atoms with E-state index in [9.17, 15) is 9.59 Å². The quantitative estimate of drug-likeness (QED) is 0.815. The third-order valence-electron chi connectivity index (χ3n) is 3.14. The molecule has 0 aliphatic heterocycles. The van der Waals surface area contributed by atoms with Gasteiger partial charge in [-0.2, -0.15) is 0 Å². The Kier molecular flexibility index (Phi) is 5.44. The molecule has 1 amide bonds. The number of carbonyl (C=O) groups is 2. The Morgan fingerprint density at radius 2 is 2.05 bits per heavy atom. The van der Waals surface area contributed by atoms with Crippen molar-refractivity contribution in [2.75, 3.05) is 19.9 Å². The summed E-state index contributed by atoms with van der Waals surface area (Å²) in [5.41, 5.74) is -1.22. The van der Waals surface area contributed by atoms with Crippen molar-refractivity contribution < 1.29 is 19.4 Å². The van der Waals surface area contributed by atoms with Crippen LogP contribution in [0.15, 0.2) is 29.2 Å². The Balaban J connectivity index is 2.65. The number of thioether (sulfide) groups is 1. The summed E-state index contributed by atoms with van der Waals surface area (Å²) in [6, 6.07) is 7.38. The summed E-state index contributed by atoms with van der Waals surface area (Å²) in [5, 5.41) is 9.10. The third kappa shape index (κ3) is 3.90. The van der Waals surface area contributed by atoms with E-state index in [1.165, 1.54) is 37.6 Å². The predicted molar refractivity (Wildman–Crippen MR) is 78.2 cm³/mol. The summed E-state index contributed by atoms with van der Waals surface area (Å²) in [4.78, 5) is 25.3. The SMILES string of the molecule is COc1cccc(SCC(=O)N(C)C(C)(C)C(=O)O)c1. The van der Waals surface area contributed by atoms with Gasteiger partial charge in [0.1, 0.15) is 11.3 Å². The van der Waals surface area contributed by atoms with Gasteiger partial charge in [-0.15, -0.1) is 11.8 Å². The van der Waals surface area contributed by atoms with Gasteiger partial charge in [-0.1, -0.05) is 6.07 Å². The number of amides is 1. The Bertz CT molecular complexity index is 502. The molecule has 0 saturated heterocycles. The number of benzene rings is 1. The van der Waals surface area contributed by atoms with Crippen LogP contribution in [0.3, 0.4) is 0 Å². The van der Waals surface area contributed by atoms with Crippen LogP contribution in [0.5, 0.6) is 5.75 Å². The first-order valence-electron chi connectivity index (χ1n) is 6.06. The van der Waals surface area contributed by atoms with E-state index >= 15 is 0 Å². The molecule has 0 saturated carbocycles. The van der Waals surface area contributed by atoms with Gasteiger partial charge in [-0.05, 0) is 32.0 Å². The summed E-state index contributed by atoms with van der Waals surface area (Å²) >= 11 is 1.35. The fraction of sp³-hybridized carbons (Fsp3) is 0.429. The molecule has 110 valence electrons. The third-order valence-corrected chi connectivity index (χ3v) is 4.12. The fourth-order valence-electron chi connectivity index (χ4n) is 1.39. The van der Waals surface area contributed by atoms with Crippen LogP contribution in [-0.2, 0) is 9.59 Å².